The lowest BCUT2D eigenvalue weighted by Gasteiger charge is -2.23. The van der Waals surface area contributed by atoms with Crippen LogP contribution >= 0.6 is 15.9 Å². The topological polar surface area (TPSA) is 105 Å². The molecular formula is C22H24BrN3O5S. The van der Waals surface area contributed by atoms with Crippen molar-refractivity contribution in [1.29, 1.82) is 0 Å². The highest BCUT2D eigenvalue weighted by Crippen LogP contribution is 2.26. The summed E-state index contributed by atoms with van der Waals surface area (Å²) in [5.74, 6) is -1.46. The molecule has 0 aromatic heterocycles. The van der Waals surface area contributed by atoms with Crippen molar-refractivity contribution in [1.82, 2.24) is 5.43 Å². The van der Waals surface area contributed by atoms with Crippen LogP contribution in [0.5, 0.6) is 0 Å². The number of anilines is 1. The van der Waals surface area contributed by atoms with Crippen LogP contribution in [0.1, 0.15) is 26.2 Å². The monoisotopic (exact) mass is 521 g/mol. The fourth-order valence-corrected chi connectivity index (χ4v) is 5.11. The summed E-state index contributed by atoms with van der Waals surface area (Å²) in [5, 5.41) is 4.11. The minimum Gasteiger partial charge on any atom is -0.465 e. The van der Waals surface area contributed by atoms with E-state index in [4.69, 9.17) is 4.74 Å². The Morgan fingerprint density at radius 1 is 1.16 bits per heavy atom. The van der Waals surface area contributed by atoms with E-state index in [2.05, 4.69) is 26.5 Å². The van der Waals surface area contributed by atoms with E-state index in [-0.39, 0.29) is 17.5 Å². The summed E-state index contributed by atoms with van der Waals surface area (Å²) in [5.41, 5.74) is 3.29. The predicted molar refractivity (Wildman–Crippen MR) is 125 cm³/mol. The molecule has 32 heavy (non-hydrogen) atoms. The van der Waals surface area contributed by atoms with E-state index in [1.165, 1.54) is 12.1 Å². The maximum Gasteiger partial charge on any atom is 0.314 e. The molecule has 2 aromatic rings. The average molecular weight is 522 g/mol. The van der Waals surface area contributed by atoms with Gasteiger partial charge in [0.1, 0.15) is 6.54 Å². The van der Waals surface area contributed by atoms with E-state index in [0.29, 0.717) is 24.2 Å². The highest BCUT2D eigenvalue weighted by molar-refractivity contribution is 9.10. The van der Waals surface area contributed by atoms with Gasteiger partial charge in [0.25, 0.3) is 15.9 Å². The first-order valence-corrected chi connectivity index (χ1v) is 12.4. The van der Waals surface area contributed by atoms with Crippen molar-refractivity contribution in [2.24, 2.45) is 11.0 Å². The zero-order valence-electron chi connectivity index (χ0n) is 17.5. The number of rotatable bonds is 8. The number of nitrogens with one attached hydrogen (secondary N) is 1. The van der Waals surface area contributed by atoms with Gasteiger partial charge in [-0.05, 0) is 62.6 Å². The minimum atomic E-state index is -4.00. The number of ether oxygens (including phenoxy) is 1. The number of sulfonamides is 1. The summed E-state index contributed by atoms with van der Waals surface area (Å²) < 4.78 is 33.4. The van der Waals surface area contributed by atoms with Gasteiger partial charge >= 0.3 is 5.97 Å². The lowest BCUT2D eigenvalue weighted by atomic mass is 10.1. The van der Waals surface area contributed by atoms with E-state index in [9.17, 15) is 18.0 Å². The summed E-state index contributed by atoms with van der Waals surface area (Å²) in [6, 6.07) is 14.5. The molecule has 8 nitrogen and oxygen atoms in total. The van der Waals surface area contributed by atoms with Crippen LogP contribution < -0.4 is 9.73 Å². The molecule has 0 heterocycles. The van der Waals surface area contributed by atoms with Crippen molar-refractivity contribution in [3.8, 4) is 0 Å². The molecule has 1 amide bonds. The zero-order chi connectivity index (χ0) is 23.1. The molecule has 1 fully saturated rings. The Hall–Kier alpha value is -2.72. The number of nitrogens with zero attached hydrogens (tertiary/aromatic N) is 2. The van der Waals surface area contributed by atoms with E-state index in [1.807, 2.05) is 0 Å². The summed E-state index contributed by atoms with van der Waals surface area (Å²) in [6.07, 6.45) is 1.95. The molecule has 1 atom stereocenters. The number of esters is 1. The summed E-state index contributed by atoms with van der Waals surface area (Å²) in [6.45, 7) is 1.53. The zero-order valence-corrected chi connectivity index (χ0v) is 19.9. The minimum absolute atomic E-state index is 0.0696. The second-order valence-corrected chi connectivity index (χ2v) is 9.91. The van der Waals surface area contributed by atoms with Gasteiger partial charge in [-0.1, -0.05) is 34.1 Å². The third-order valence-electron chi connectivity index (χ3n) is 4.96. The SMILES string of the molecule is CCOC(=O)C1CCCC1=NNC(=O)CN(c1ccc(Br)cc1)S(=O)(=O)c1ccccc1. The van der Waals surface area contributed by atoms with Gasteiger partial charge in [-0.3, -0.25) is 13.9 Å². The normalized spacial score (nSPS) is 17.2. The van der Waals surface area contributed by atoms with Gasteiger partial charge < -0.3 is 4.74 Å². The maximum absolute atomic E-state index is 13.3. The molecule has 170 valence electrons. The molecule has 1 aliphatic rings. The van der Waals surface area contributed by atoms with Gasteiger partial charge in [-0.15, -0.1) is 0 Å². The fraction of sp³-hybridized carbons (Fsp3) is 0.318. The van der Waals surface area contributed by atoms with Crippen LogP contribution in [0.25, 0.3) is 0 Å². The van der Waals surface area contributed by atoms with Crippen LogP contribution in [0.15, 0.2) is 69.1 Å². The Balaban J connectivity index is 1.81. The van der Waals surface area contributed by atoms with Crippen LogP contribution in [0, 0.1) is 5.92 Å². The van der Waals surface area contributed by atoms with Gasteiger partial charge in [0.05, 0.1) is 28.8 Å². The van der Waals surface area contributed by atoms with Crippen LogP contribution in [-0.4, -0.2) is 39.2 Å². The molecule has 10 heteroatoms. The summed E-state index contributed by atoms with van der Waals surface area (Å²) >= 11 is 3.33. The smallest absolute Gasteiger partial charge is 0.314 e. The molecule has 3 rings (SSSR count). The maximum atomic E-state index is 13.3. The summed E-state index contributed by atoms with van der Waals surface area (Å²) in [4.78, 5) is 24.8. The number of carbonyl (C=O) groups excluding carboxylic acids is 2. The third-order valence-corrected chi connectivity index (χ3v) is 7.27. The first kappa shape index (κ1) is 23.9. The molecule has 1 aliphatic carbocycles. The van der Waals surface area contributed by atoms with Crippen molar-refractivity contribution < 1.29 is 22.7 Å². The first-order valence-electron chi connectivity index (χ1n) is 10.2. The van der Waals surface area contributed by atoms with E-state index < -0.39 is 28.4 Å². The first-order chi connectivity index (χ1) is 15.3. The number of hydrogen-bond donors (Lipinski definition) is 1. The number of hydrazone groups is 1. The highest BCUT2D eigenvalue weighted by atomic mass is 79.9. The van der Waals surface area contributed by atoms with E-state index in [1.54, 1.807) is 49.4 Å². The lowest BCUT2D eigenvalue weighted by molar-refractivity contribution is -0.145. The highest BCUT2D eigenvalue weighted by Gasteiger charge is 2.31. The molecule has 0 spiro atoms. The predicted octanol–water partition coefficient (Wildman–Crippen LogP) is 3.48. The number of hydrogen-bond acceptors (Lipinski definition) is 6. The molecule has 1 unspecified atom stereocenters. The molecule has 1 saturated carbocycles. The second-order valence-electron chi connectivity index (χ2n) is 7.14. The number of benzene rings is 2. The van der Waals surface area contributed by atoms with Crippen LogP contribution in [0.2, 0.25) is 0 Å². The Bertz CT molecular complexity index is 1090. The van der Waals surface area contributed by atoms with Gasteiger partial charge in [0, 0.05) is 4.47 Å². The summed E-state index contributed by atoms with van der Waals surface area (Å²) in [7, 11) is -4.00. The lowest BCUT2D eigenvalue weighted by Crippen LogP contribution is -2.40. The molecule has 0 aliphatic heterocycles. The molecular weight excluding hydrogens is 498 g/mol. The standard InChI is InChI=1S/C22H24BrN3O5S/c1-2-31-22(28)19-9-6-10-20(19)24-25-21(27)15-26(17-13-11-16(23)12-14-17)32(29,30)18-7-4-3-5-8-18/h3-5,7-8,11-14,19H,2,6,9-10,15H2,1H3,(H,25,27). The van der Waals surface area contributed by atoms with Crippen LogP contribution in [0.3, 0.4) is 0 Å². The van der Waals surface area contributed by atoms with Crippen molar-refractivity contribution in [3.63, 3.8) is 0 Å². The van der Waals surface area contributed by atoms with Crippen LogP contribution in [0.4, 0.5) is 5.69 Å². The third kappa shape index (κ3) is 5.74. The van der Waals surface area contributed by atoms with Crippen molar-refractivity contribution in [2.75, 3.05) is 17.5 Å². The Labute approximate surface area is 195 Å². The molecule has 0 bridgehead atoms. The Kier molecular flexibility index (Phi) is 8.03. The molecule has 0 saturated heterocycles. The quantitative estimate of drug-likeness (QED) is 0.422. The number of halogens is 1. The second kappa shape index (κ2) is 10.7. The fourth-order valence-electron chi connectivity index (χ4n) is 3.40. The van der Waals surface area contributed by atoms with Crippen LogP contribution in [-0.2, 0) is 24.3 Å². The Morgan fingerprint density at radius 3 is 2.50 bits per heavy atom. The Morgan fingerprint density at radius 2 is 1.84 bits per heavy atom. The van der Waals surface area contributed by atoms with Crippen molar-refractivity contribution in [3.05, 3.63) is 59.1 Å². The number of carbonyl (C=O) groups is 2. The molecule has 1 N–H and O–H groups in total. The van der Waals surface area contributed by atoms with Gasteiger partial charge in [-0.25, -0.2) is 13.8 Å². The largest absolute Gasteiger partial charge is 0.465 e. The average Bonchev–Trinajstić information content (AvgIpc) is 3.26. The van der Waals surface area contributed by atoms with Crippen molar-refractivity contribution >= 4 is 49.2 Å². The van der Waals surface area contributed by atoms with Gasteiger partial charge in [0.15, 0.2) is 0 Å². The van der Waals surface area contributed by atoms with Gasteiger partial charge in [0.2, 0.25) is 0 Å². The van der Waals surface area contributed by atoms with E-state index in [0.717, 1.165) is 15.2 Å². The van der Waals surface area contributed by atoms with Crippen molar-refractivity contribution in [2.45, 2.75) is 31.1 Å². The molecule has 0 radical (unpaired) electrons. The molecule has 2 aromatic carbocycles. The van der Waals surface area contributed by atoms with E-state index >= 15 is 0 Å². The van der Waals surface area contributed by atoms with Gasteiger partial charge in [-0.2, -0.15) is 5.10 Å². The number of amides is 1.